The van der Waals surface area contributed by atoms with Crippen molar-refractivity contribution in [1.82, 2.24) is 24.5 Å². The predicted molar refractivity (Wildman–Crippen MR) is 149 cm³/mol. The van der Waals surface area contributed by atoms with Crippen molar-refractivity contribution >= 4 is 20.0 Å². The van der Waals surface area contributed by atoms with Gasteiger partial charge in [-0.15, -0.1) is 0 Å². The Morgan fingerprint density at radius 3 is 1.76 bits per heavy atom. The fourth-order valence-electron chi connectivity index (χ4n) is 4.71. The summed E-state index contributed by atoms with van der Waals surface area (Å²) in [7, 11) is 0.418. The smallest absolute Gasteiger partial charge is 0.0897 e. The van der Waals surface area contributed by atoms with Gasteiger partial charge in [-0.3, -0.25) is 9.80 Å². The lowest BCUT2D eigenvalue weighted by Crippen LogP contribution is -2.45. The highest BCUT2D eigenvalue weighted by Gasteiger charge is 2.19. The minimum Gasteiger partial charge on any atom is -0.394 e. The fourth-order valence-corrected chi connectivity index (χ4v) is 5.76. The third kappa shape index (κ3) is 14.9. The van der Waals surface area contributed by atoms with E-state index in [1.807, 2.05) is 4.90 Å². The summed E-state index contributed by atoms with van der Waals surface area (Å²) >= 11 is 4.34. The zero-order chi connectivity index (χ0) is 25.2. The lowest BCUT2D eigenvalue weighted by molar-refractivity contribution is 0.0353. The molecular weight excluding hydrogens is 469 g/mol. The van der Waals surface area contributed by atoms with E-state index in [-0.39, 0.29) is 6.61 Å². The van der Waals surface area contributed by atoms with Gasteiger partial charge in [0.15, 0.2) is 0 Å². The van der Waals surface area contributed by atoms with Gasteiger partial charge in [-0.05, 0) is 52.0 Å². The van der Waals surface area contributed by atoms with Crippen molar-refractivity contribution in [2.24, 2.45) is 0 Å². The van der Waals surface area contributed by atoms with Gasteiger partial charge >= 0.3 is 0 Å². The zero-order valence-corrected chi connectivity index (χ0v) is 24.0. The number of aliphatic hydroxyl groups is 3. The minimum atomic E-state index is -0.780. The first-order valence-electron chi connectivity index (χ1n) is 13.4. The molecule has 1 aliphatic heterocycles. The Hall–Kier alpha value is 0.460. The Balaban J connectivity index is 2.78. The van der Waals surface area contributed by atoms with Crippen molar-refractivity contribution in [3.8, 4) is 0 Å². The van der Waals surface area contributed by atoms with Gasteiger partial charge in [0.25, 0.3) is 0 Å². The fraction of sp³-hybridized carbons (Fsp3) is 1.00. The number of rotatable bonds is 14. The monoisotopic (exact) mass is 523 g/mol. The molecule has 0 aromatic rings. The molecule has 8 nitrogen and oxygen atoms in total. The maximum Gasteiger partial charge on any atom is 0.0897 e. The molecule has 0 aromatic carbocycles. The Labute approximate surface area is 216 Å². The predicted octanol–water partition coefficient (Wildman–Crippen LogP) is 0.935. The lowest BCUT2D eigenvalue weighted by Gasteiger charge is -2.32. The Bertz CT molecular complexity index is 486. The molecule has 3 N–H and O–H groups in total. The molecular formula is C24H54N5O3PS. The zero-order valence-electron chi connectivity index (χ0n) is 22.1. The molecule has 0 spiro atoms. The first kappa shape index (κ1) is 32.5. The molecule has 0 amide bonds. The van der Waals surface area contributed by atoms with Crippen LogP contribution in [-0.2, 0) is 0 Å². The van der Waals surface area contributed by atoms with Gasteiger partial charge in [0, 0.05) is 65.2 Å². The van der Waals surface area contributed by atoms with Crippen LogP contribution < -0.4 is 0 Å². The van der Waals surface area contributed by atoms with E-state index in [4.69, 9.17) is 0 Å². The minimum absolute atomic E-state index is 0.259. The molecule has 1 fully saturated rings. The maximum atomic E-state index is 10.9. The number of thiol groups is 1. The van der Waals surface area contributed by atoms with E-state index in [0.29, 0.717) is 33.7 Å². The summed E-state index contributed by atoms with van der Waals surface area (Å²) in [5, 5.41) is 29.9. The second-order valence-electron chi connectivity index (χ2n) is 9.61. The second kappa shape index (κ2) is 20.5. The number of nitrogens with zero attached hydrogens (tertiary/aromatic N) is 5. The highest BCUT2D eigenvalue weighted by atomic mass is 32.7. The molecule has 0 aliphatic carbocycles. The van der Waals surface area contributed by atoms with Gasteiger partial charge in [-0.1, -0.05) is 28.6 Å². The summed E-state index contributed by atoms with van der Waals surface area (Å²) in [6.45, 7) is 20.0. The molecule has 3 atom stereocenters. The van der Waals surface area contributed by atoms with E-state index in [9.17, 15) is 15.3 Å². The summed E-state index contributed by atoms with van der Waals surface area (Å²) in [5.41, 5.74) is 0. The van der Waals surface area contributed by atoms with E-state index in [1.54, 1.807) is 0 Å². The van der Waals surface area contributed by atoms with E-state index < -0.39 is 12.2 Å². The number of hydrogen-bond donors (Lipinski definition) is 4. The van der Waals surface area contributed by atoms with Crippen LogP contribution in [0, 0.1) is 0 Å². The van der Waals surface area contributed by atoms with Crippen molar-refractivity contribution in [3.63, 3.8) is 0 Å². The van der Waals surface area contributed by atoms with Crippen LogP contribution in [-0.4, -0.2) is 157 Å². The summed E-state index contributed by atoms with van der Waals surface area (Å²) in [6.07, 6.45) is 2.90. The molecule has 0 bridgehead atoms. The molecule has 204 valence electrons. The van der Waals surface area contributed by atoms with Gasteiger partial charge in [-0.2, -0.15) is 12.2 Å². The van der Waals surface area contributed by atoms with E-state index >= 15 is 0 Å². The van der Waals surface area contributed by atoms with Crippen LogP contribution in [0.4, 0.5) is 0 Å². The summed E-state index contributed by atoms with van der Waals surface area (Å²) in [6, 6.07) is 0. The molecule has 0 aromatic heterocycles. The standard InChI is InChI=1S/C24H54N5O3PS/c1-4-8-26-13-12-25(6-3)10-7-11-28(17-16-27(9-5-2)15-14-26)18-23(31)19-29(22-33-34)20-24(32)21-30/h23-24,30-34H,4-22H2,1-3H3. The van der Waals surface area contributed by atoms with Crippen molar-refractivity contribution in [3.05, 3.63) is 0 Å². The van der Waals surface area contributed by atoms with Gasteiger partial charge in [-0.25, -0.2) is 0 Å². The average molecular weight is 524 g/mol. The summed E-state index contributed by atoms with van der Waals surface area (Å²) in [4.78, 5) is 12.2. The molecule has 0 saturated carbocycles. The number of aliphatic hydroxyl groups excluding tert-OH is 3. The Morgan fingerprint density at radius 1 is 0.765 bits per heavy atom. The topological polar surface area (TPSA) is 76.9 Å². The first-order chi connectivity index (χ1) is 16.4. The van der Waals surface area contributed by atoms with Crippen LogP contribution in [0.1, 0.15) is 40.0 Å². The molecule has 34 heavy (non-hydrogen) atoms. The van der Waals surface area contributed by atoms with Crippen molar-refractivity contribution in [1.29, 1.82) is 0 Å². The molecule has 3 unspecified atom stereocenters. The number of β-amino-alcohol motifs (C(OH)–C–C–N with tert-alkyl or cyclic N) is 1. The van der Waals surface area contributed by atoms with Gasteiger partial charge in [0.2, 0.25) is 0 Å². The van der Waals surface area contributed by atoms with Crippen molar-refractivity contribution in [2.45, 2.75) is 52.2 Å². The lowest BCUT2D eigenvalue weighted by atomic mass is 10.2. The molecule has 1 heterocycles. The van der Waals surface area contributed by atoms with E-state index in [0.717, 1.165) is 78.3 Å². The van der Waals surface area contributed by atoms with Crippen LogP contribution in [0.5, 0.6) is 0 Å². The largest absolute Gasteiger partial charge is 0.394 e. The summed E-state index contributed by atoms with van der Waals surface area (Å²) < 4.78 is 0. The highest BCUT2D eigenvalue weighted by Crippen LogP contribution is 2.17. The van der Waals surface area contributed by atoms with Gasteiger partial charge in [0.05, 0.1) is 18.8 Å². The van der Waals surface area contributed by atoms with Crippen LogP contribution in [0.3, 0.4) is 0 Å². The SMILES string of the molecule is CCCN1CCN(CC)CCCN(CC(O)CN(CPS)CC(O)CO)CCN(CCC)CC1. The normalized spacial score (nSPS) is 21.5. The third-order valence-corrected chi connectivity index (χ3v) is 7.60. The number of hydrogen-bond acceptors (Lipinski definition) is 9. The molecule has 10 heteroatoms. The van der Waals surface area contributed by atoms with Crippen LogP contribution in [0.2, 0.25) is 0 Å². The maximum absolute atomic E-state index is 10.9. The molecule has 1 saturated heterocycles. The molecule has 1 rings (SSSR count). The van der Waals surface area contributed by atoms with Crippen LogP contribution >= 0.6 is 20.0 Å². The van der Waals surface area contributed by atoms with Crippen LogP contribution in [0.25, 0.3) is 0 Å². The Morgan fingerprint density at radius 2 is 1.26 bits per heavy atom. The third-order valence-electron chi connectivity index (χ3n) is 6.58. The van der Waals surface area contributed by atoms with E-state index in [1.165, 1.54) is 13.0 Å². The van der Waals surface area contributed by atoms with Crippen LogP contribution in [0.15, 0.2) is 0 Å². The average Bonchev–Trinajstić information content (AvgIpc) is 2.83. The van der Waals surface area contributed by atoms with Gasteiger partial charge in [0.1, 0.15) is 0 Å². The second-order valence-corrected chi connectivity index (χ2v) is 11.2. The molecule has 1 aliphatic rings. The molecule has 0 radical (unpaired) electrons. The Kier molecular flexibility index (Phi) is 19.6. The van der Waals surface area contributed by atoms with Gasteiger partial charge < -0.3 is 30.0 Å². The number of likely N-dealkylation sites (N-methyl/N-ethyl adjacent to an activating group) is 1. The highest BCUT2D eigenvalue weighted by molar-refractivity contribution is 8.38. The first-order valence-corrected chi connectivity index (χ1v) is 15.9. The summed E-state index contributed by atoms with van der Waals surface area (Å²) in [5.74, 6) is 0. The van der Waals surface area contributed by atoms with Crippen molar-refractivity contribution in [2.75, 3.05) is 105 Å². The quantitative estimate of drug-likeness (QED) is 0.198. The van der Waals surface area contributed by atoms with E-state index in [2.05, 4.69) is 52.6 Å². The van der Waals surface area contributed by atoms with Crippen molar-refractivity contribution < 1.29 is 15.3 Å².